The molecule has 1 fully saturated rings. The van der Waals surface area contributed by atoms with E-state index in [1.54, 1.807) is 24.3 Å². The number of nitrogens with zero attached hydrogens (tertiary/aromatic N) is 1. The summed E-state index contributed by atoms with van der Waals surface area (Å²) in [5.41, 5.74) is 1.03. The van der Waals surface area contributed by atoms with Crippen molar-refractivity contribution in [2.75, 3.05) is 0 Å². The summed E-state index contributed by atoms with van der Waals surface area (Å²) in [6, 6.07) is 12.4. The zero-order valence-corrected chi connectivity index (χ0v) is 11.9. The van der Waals surface area contributed by atoms with Gasteiger partial charge in [0.15, 0.2) is 0 Å². The maximum absolute atomic E-state index is 12.4. The van der Waals surface area contributed by atoms with E-state index in [-0.39, 0.29) is 11.9 Å². The predicted molar refractivity (Wildman–Crippen MR) is 80.0 cm³/mol. The molecule has 0 radical (unpaired) electrons. The predicted octanol–water partition coefficient (Wildman–Crippen LogP) is 2.26. The fourth-order valence-corrected chi connectivity index (χ4v) is 2.07. The Morgan fingerprint density at radius 3 is 2.41 bits per heavy atom. The van der Waals surface area contributed by atoms with Crippen LogP contribution in [0, 0.1) is 0 Å². The van der Waals surface area contributed by atoms with E-state index in [1.165, 1.54) is 12.4 Å². The minimum atomic E-state index is -0.942. The Hall–Kier alpha value is -2.69. The quantitative estimate of drug-likeness (QED) is 0.859. The first-order valence-electron chi connectivity index (χ1n) is 7.20. The third-order valence-electron chi connectivity index (χ3n) is 3.41. The van der Waals surface area contributed by atoms with Crippen LogP contribution in [0.4, 0.5) is 0 Å². The van der Waals surface area contributed by atoms with E-state index in [0.29, 0.717) is 11.1 Å². The molecule has 1 aliphatic carbocycles. The fourth-order valence-electron chi connectivity index (χ4n) is 2.07. The van der Waals surface area contributed by atoms with E-state index in [0.717, 1.165) is 12.8 Å². The van der Waals surface area contributed by atoms with E-state index in [2.05, 4.69) is 10.3 Å². The number of amides is 1. The number of aromatic nitrogens is 1. The van der Waals surface area contributed by atoms with Gasteiger partial charge in [-0.2, -0.15) is 0 Å². The Morgan fingerprint density at radius 2 is 1.77 bits per heavy atom. The maximum Gasteiger partial charge on any atom is 0.339 e. The first-order chi connectivity index (χ1) is 10.7. The maximum atomic E-state index is 12.4. The molecule has 0 saturated heterocycles. The Morgan fingerprint density at radius 1 is 1.09 bits per heavy atom. The van der Waals surface area contributed by atoms with Crippen molar-refractivity contribution < 1.29 is 14.3 Å². The Balaban J connectivity index is 1.79. The van der Waals surface area contributed by atoms with Crippen molar-refractivity contribution in [2.24, 2.45) is 0 Å². The third-order valence-corrected chi connectivity index (χ3v) is 3.41. The van der Waals surface area contributed by atoms with Gasteiger partial charge in [-0.15, -0.1) is 0 Å². The Labute approximate surface area is 128 Å². The Kier molecular flexibility index (Phi) is 4.14. The lowest BCUT2D eigenvalue weighted by Crippen LogP contribution is -2.33. The molecule has 1 N–H and O–H groups in total. The highest BCUT2D eigenvalue weighted by atomic mass is 16.5. The zero-order chi connectivity index (χ0) is 15.4. The summed E-state index contributed by atoms with van der Waals surface area (Å²) >= 11 is 0. The van der Waals surface area contributed by atoms with Crippen molar-refractivity contribution in [1.82, 2.24) is 10.3 Å². The molecule has 3 rings (SSSR count). The smallest absolute Gasteiger partial charge is 0.339 e. The molecule has 0 unspecified atom stereocenters. The van der Waals surface area contributed by atoms with Crippen molar-refractivity contribution in [2.45, 2.75) is 25.0 Å². The van der Waals surface area contributed by atoms with E-state index in [1.807, 2.05) is 18.2 Å². The Bertz CT molecular complexity index is 654. The van der Waals surface area contributed by atoms with Crippen LogP contribution in [-0.4, -0.2) is 22.9 Å². The highest BCUT2D eigenvalue weighted by Gasteiger charge is 2.30. The molecule has 1 atom stereocenters. The number of pyridine rings is 1. The van der Waals surface area contributed by atoms with Crippen LogP contribution < -0.4 is 5.32 Å². The summed E-state index contributed by atoms with van der Waals surface area (Å²) in [6.07, 6.45) is 4.04. The molecule has 1 amide bonds. The molecule has 1 aliphatic rings. The average molecular weight is 296 g/mol. The topological polar surface area (TPSA) is 68.3 Å². The molecule has 22 heavy (non-hydrogen) atoms. The van der Waals surface area contributed by atoms with E-state index < -0.39 is 12.1 Å². The largest absolute Gasteiger partial charge is 0.444 e. The molecule has 0 bridgehead atoms. The van der Waals surface area contributed by atoms with Gasteiger partial charge in [0.2, 0.25) is 6.10 Å². The van der Waals surface area contributed by atoms with Crippen LogP contribution in [0.5, 0.6) is 0 Å². The standard InChI is InChI=1S/C17H16N2O3/c20-16(19-14-6-7-14)15(12-4-2-1-3-5-12)22-17(21)13-8-10-18-11-9-13/h1-5,8-11,14-15H,6-7H2,(H,19,20)/t15-/m0/s1. The van der Waals surface area contributed by atoms with Gasteiger partial charge in [0.25, 0.3) is 5.91 Å². The lowest BCUT2D eigenvalue weighted by molar-refractivity contribution is -0.130. The van der Waals surface area contributed by atoms with Crippen LogP contribution in [0.15, 0.2) is 54.9 Å². The van der Waals surface area contributed by atoms with Crippen molar-refractivity contribution >= 4 is 11.9 Å². The van der Waals surface area contributed by atoms with Gasteiger partial charge >= 0.3 is 5.97 Å². The normalized spacial score (nSPS) is 14.9. The van der Waals surface area contributed by atoms with Crippen molar-refractivity contribution in [3.63, 3.8) is 0 Å². The zero-order valence-electron chi connectivity index (χ0n) is 11.9. The van der Waals surface area contributed by atoms with Gasteiger partial charge < -0.3 is 10.1 Å². The lowest BCUT2D eigenvalue weighted by atomic mass is 10.1. The number of hydrogen-bond acceptors (Lipinski definition) is 4. The summed E-state index contributed by atoms with van der Waals surface area (Å²) in [6.45, 7) is 0. The second-order valence-electron chi connectivity index (χ2n) is 5.21. The van der Waals surface area contributed by atoms with Gasteiger partial charge in [-0.3, -0.25) is 9.78 Å². The number of nitrogens with one attached hydrogen (secondary N) is 1. The van der Waals surface area contributed by atoms with E-state index in [4.69, 9.17) is 4.74 Å². The van der Waals surface area contributed by atoms with E-state index >= 15 is 0 Å². The van der Waals surface area contributed by atoms with Crippen LogP contribution in [0.25, 0.3) is 0 Å². The number of ether oxygens (including phenoxy) is 1. The molecule has 5 nitrogen and oxygen atoms in total. The number of hydrogen-bond donors (Lipinski definition) is 1. The van der Waals surface area contributed by atoms with Gasteiger partial charge in [0.05, 0.1) is 5.56 Å². The molecule has 0 spiro atoms. The second kappa shape index (κ2) is 6.39. The lowest BCUT2D eigenvalue weighted by Gasteiger charge is -2.18. The number of esters is 1. The molecular formula is C17H16N2O3. The van der Waals surface area contributed by atoms with Crippen LogP contribution >= 0.6 is 0 Å². The third kappa shape index (κ3) is 3.49. The minimum Gasteiger partial charge on any atom is -0.444 e. The van der Waals surface area contributed by atoms with Gasteiger partial charge in [-0.1, -0.05) is 30.3 Å². The molecule has 1 aromatic heterocycles. The average Bonchev–Trinajstić information content (AvgIpc) is 3.38. The highest BCUT2D eigenvalue weighted by Crippen LogP contribution is 2.24. The first-order valence-corrected chi connectivity index (χ1v) is 7.20. The van der Waals surface area contributed by atoms with Crippen molar-refractivity contribution in [3.8, 4) is 0 Å². The van der Waals surface area contributed by atoms with Gasteiger partial charge in [0.1, 0.15) is 0 Å². The second-order valence-corrected chi connectivity index (χ2v) is 5.21. The molecule has 112 valence electrons. The number of carbonyl (C=O) groups is 2. The molecule has 2 aromatic rings. The number of carbonyl (C=O) groups excluding carboxylic acids is 2. The van der Waals surface area contributed by atoms with E-state index in [9.17, 15) is 9.59 Å². The van der Waals surface area contributed by atoms with Crippen LogP contribution in [-0.2, 0) is 9.53 Å². The van der Waals surface area contributed by atoms with Gasteiger partial charge in [0, 0.05) is 24.0 Å². The molecule has 0 aliphatic heterocycles. The molecule has 1 saturated carbocycles. The summed E-state index contributed by atoms with van der Waals surface area (Å²) < 4.78 is 5.43. The molecule has 1 aromatic carbocycles. The monoisotopic (exact) mass is 296 g/mol. The van der Waals surface area contributed by atoms with Crippen LogP contribution in [0.1, 0.15) is 34.9 Å². The highest BCUT2D eigenvalue weighted by molar-refractivity contribution is 5.92. The fraction of sp³-hybridized carbons (Fsp3) is 0.235. The van der Waals surface area contributed by atoms with Crippen molar-refractivity contribution in [1.29, 1.82) is 0 Å². The number of rotatable bonds is 5. The van der Waals surface area contributed by atoms with Crippen LogP contribution in [0.3, 0.4) is 0 Å². The van der Waals surface area contributed by atoms with Crippen molar-refractivity contribution in [3.05, 3.63) is 66.0 Å². The summed E-state index contributed by atoms with van der Waals surface area (Å²) in [5, 5.41) is 2.88. The SMILES string of the molecule is O=C(O[C@H](C(=O)NC1CC1)c1ccccc1)c1ccncc1. The summed E-state index contributed by atoms with van der Waals surface area (Å²) in [5.74, 6) is -0.821. The minimum absolute atomic E-state index is 0.207. The summed E-state index contributed by atoms with van der Waals surface area (Å²) in [4.78, 5) is 28.4. The van der Waals surface area contributed by atoms with Crippen LogP contribution in [0.2, 0.25) is 0 Å². The first kappa shape index (κ1) is 14.3. The van der Waals surface area contributed by atoms with Gasteiger partial charge in [-0.05, 0) is 25.0 Å². The summed E-state index contributed by atoms with van der Waals surface area (Å²) in [7, 11) is 0. The molecule has 5 heteroatoms. The molecular weight excluding hydrogens is 280 g/mol. The van der Waals surface area contributed by atoms with Gasteiger partial charge in [-0.25, -0.2) is 4.79 Å². The molecule has 1 heterocycles. The number of benzene rings is 1.